The van der Waals surface area contributed by atoms with E-state index < -0.39 is 17.5 Å². The van der Waals surface area contributed by atoms with Gasteiger partial charge < -0.3 is 25.4 Å². The van der Waals surface area contributed by atoms with Crippen LogP contribution in [0.5, 0.6) is 0 Å². The molecular weight excluding hydrogens is 460 g/mol. The van der Waals surface area contributed by atoms with Crippen molar-refractivity contribution in [2.45, 2.75) is 52.1 Å². The molecule has 0 bridgehead atoms. The maximum atomic E-state index is 13.2. The second-order valence-corrected chi connectivity index (χ2v) is 11.0. The Hall–Kier alpha value is -3.36. The van der Waals surface area contributed by atoms with Crippen LogP contribution in [0.4, 0.5) is 10.6 Å². The Labute approximate surface area is 211 Å². The van der Waals surface area contributed by atoms with E-state index in [-0.39, 0.29) is 12.0 Å². The van der Waals surface area contributed by atoms with Crippen molar-refractivity contribution in [2.75, 3.05) is 31.1 Å². The van der Waals surface area contributed by atoms with Crippen LogP contribution in [0.2, 0.25) is 0 Å². The number of alkyl carbamates (subject to hydrolysis) is 1. The summed E-state index contributed by atoms with van der Waals surface area (Å²) in [6, 6.07) is 9.30. The van der Waals surface area contributed by atoms with E-state index in [4.69, 9.17) is 4.74 Å². The molecule has 1 saturated heterocycles. The van der Waals surface area contributed by atoms with Crippen molar-refractivity contribution in [3.05, 3.63) is 35.9 Å². The molecule has 2 fully saturated rings. The van der Waals surface area contributed by atoms with Gasteiger partial charge in [0.2, 0.25) is 0 Å². The summed E-state index contributed by atoms with van der Waals surface area (Å²) in [5.41, 5.74) is 0.776. The molecule has 1 saturated carbocycles. The topological polar surface area (TPSA) is 121 Å². The predicted molar refractivity (Wildman–Crippen MR) is 137 cm³/mol. The van der Waals surface area contributed by atoms with Crippen LogP contribution < -0.4 is 15.5 Å². The molecule has 2 amide bonds. The fourth-order valence-corrected chi connectivity index (χ4v) is 4.85. The van der Waals surface area contributed by atoms with Crippen molar-refractivity contribution in [1.29, 1.82) is 0 Å². The first-order valence-electron chi connectivity index (χ1n) is 12.7. The number of rotatable bonds is 7. The van der Waals surface area contributed by atoms with Crippen LogP contribution in [0.15, 0.2) is 30.3 Å². The molecule has 2 aliphatic rings. The van der Waals surface area contributed by atoms with Gasteiger partial charge >= 0.3 is 12.1 Å². The number of benzene rings is 1. The summed E-state index contributed by atoms with van der Waals surface area (Å²) in [5.74, 6) is 0.104. The first-order valence-corrected chi connectivity index (χ1v) is 12.7. The smallest absolute Gasteiger partial charge is 0.407 e. The normalized spacial score (nSPS) is 20.5. The molecule has 2 aromatic rings. The van der Waals surface area contributed by atoms with Gasteiger partial charge in [-0.15, -0.1) is 0 Å². The molecule has 194 valence electrons. The lowest BCUT2D eigenvalue weighted by molar-refractivity contribution is -0.142. The van der Waals surface area contributed by atoms with E-state index in [1.165, 1.54) is 0 Å². The molecule has 9 nitrogen and oxygen atoms in total. The maximum Gasteiger partial charge on any atom is 0.407 e. The number of aromatic nitrogens is 1. The Morgan fingerprint density at radius 2 is 1.64 bits per heavy atom. The largest absolute Gasteiger partial charge is 0.481 e. The summed E-state index contributed by atoms with van der Waals surface area (Å²) >= 11 is 0. The third kappa shape index (κ3) is 6.44. The highest BCUT2D eigenvalue weighted by Gasteiger charge is 2.34. The van der Waals surface area contributed by atoms with Gasteiger partial charge in [-0.3, -0.25) is 9.59 Å². The Morgan fingerprint density at radius 1 is 1.03 bits per heavy atom. The van der Waals surface area contributed by atoms with Crippen LogP contribution in [0.3, 0.4) is 0 Å². The molecule has 0 radical (unpaired) electrons. The number of carboxylic acids is 1. The van der Waals surface area contributed by atoms with E-state index in [0.717, 1.165) is 36.6 Å². The second-order valence-electron chi connectivity index (χ2n) is 11.0. The summed E-state index contributed by atoms with van der Waals surface area (Å²) in [4.78, 5) is 42.8. The minimum Gasteiger partial charge on any atom is -0.481 e. The number of aliphatic carboxylic acids is 1. The van der Waals surface area contributed by atoms with E-state index in [9.17, 15) is 19.5 Å². The van der Waals surface area contributed by atoms with Crippen molar-refractivity contribution in [1.82, 2.24) is 15.6 Å². The first kappa shape index (κ1) is 25.7. The zero-order valence-corrected chi connectivity index (χ0v) is 21.3. The van der Waals surface area contributed by atoms with Crippen molar-refractivity contribution in [3.8, 4) is 0 Å². The molecule has 2 heterocycles. The number of hydrogen-bond donors (Lipinski definition) is 3. The SMILES string of the molecule is CC(C)(C)OC(=O)NCC1CCC(CNC(=O)c2cc(N3CC(C(=O)O)C3)nc3ccccc23)CC1. The summed E-state index contributed by atoms with van der Waals surface area (Å²) in [7, 11) is 0. The molecular formula is C27H36N4O5. The lowest BCUT2D eigenvalue weighted by Crippen LogP contribution is -2.50. The number of para-hydroxylation sites is 1. The van der Waals surface area contributed by atoms with Gasteiger partial charge in [-0.25, -0.2) is 9.78 Å². The Morgan fingerprint density at radius 3 is 2.25 bits per heavy atom. The minimum atomic E-state index is -0.805. The third-order valence-electron chi connectivity index (χ3n) is 6.95. The summed E-state index contributed by atoms with van der Waals surface area (Å²) in [6.07, 6.45) is 3.61. The van der Waals surface area contributed by atoms with Gasteiger partial charge in [-0.1, -0.05) is 18.2 Å². The molecule has 1 aromatic heterocycles. The van der Waals surface area contributed by atoms with Crippen LogP contribution in [0, 0.1) is 17.8 Å². The van der Waals surface area contributed by atoms with Crippen molar-refractivity contribution in [3.63, 3.8) is 0 Å². The number of nitrogens with zero attached hydrogens (tertiary/aromatic N) is 2. The lowest BCUT2D eigenvalue weighted by atomic mass is 9.82. The predicted octanol–water partition coefficient (Wildman–Crippen LogP) is 3.82. The minimum absolute atomic E-state index is 0.140. The summed E-state index contributed by atoms with van der Waals surface area (Å²) < 4.78 is 5.31. The summed E-state index contributed by atoms with van der Waals surface area (Å²) in [6.45, 7) is 7.55. The zero-order valence-electron chi connectivity index (χ0n) is 21.3. The summed E-state index contributed by atoms with van der Waals surface area (Å²) in [5, 5.41) is 15.9. The van der Waals surface area contributed by atoms with Crippen molar-refractivity contribution < 1.29 is 24.2 Å². The lowest BCUT2D eigenvalue weighted by Gasteiger charge is -2.37. The van der Waals surface area contributed by atoms with Crippen LogP contribution in [-0.4, -0.2) is 59.8 Å². The molecule has 1 aromatic carbocycles. The standard InChI is InChI=1S/C27H36N4O5/c1-27(2,3)36-26(35)29-14-18-10-8-17(9-11-18)13-28-24(32)21-12-23(31-15-19(16-31)25(33)34)30-22-7-5-4-6-20(21)22/h4-7,12,17-19H,8-11,13-16H2,1-3H3,(H,28,32)(H,29,35)(H,33,34). The Bertz CT molecular complexity index is 1110. The maximum absolute atomic E-state index is 13.2. The van der Waals surface area contributed by atoms with Crippen LogP contribution >= 0.6 is 0 Å². The molecule has 4 rings (SSSR count). The number of pyridine rings is 1. The number of ether oxygens (including phenoxy) is 1. The van der Waals surface area contributed by atoms with E-state index in [2.05, 4.69) is 15.6 Å². The number of nitrogens with one attached hydrogen (secondary N) is 2. The van der Waals surface area contributed by atoms with Gasteiger partial charge in [0.1, 0.15) is 11.4 Å². The number of carbonyl (C=O) groups excluding carboxylic acids is 2. The average molecular weight is 497 g/mol. The van der Waals surface area contributed by atoms with E-state index in [1.54, 1.807) is 6.07 Å². The second kappa shape index (κ2) is 10.7. The van der Waals surface area contributed by atoms with Gasteiger partial charge in [-0.05, 0) is 70.4 Å². The molecule has 36 heavy (non-hydrogen) atoms. The average Bonchev–Trinajstić information content (AvgIpc) is 2.79. The fourth-order valence-electron chi connectivity index (χ4n) is 4.85. The van der Waals surface area contributed by atoms with Crippen LogP contribution in [0.1, 0.15) is 56.8 Å². The number of carbonyl (C=O) groups is 3. The number of carboxylic acid groups (broad SMARTS) is 1. The molecule has 1 aliphatic heterocycles. The number of amides is 2. The van der Waals surface area contributed by atoms with E-state index in [0.29, 0.717) is 49.4 Å². The third-order valence-corrected chi connectivity index (χ3v) is 6.95. The molecule has 3 N–H and O–H groups in total. The highest BCUT2D eigenvalue weighted by atomic mass is 16.6. The number of anilines is 1. The quantitative estimate of drug-likeness (QED) is 0.533. The number of fused-ring (bicyclic) bond motifs is 1. The highest BCUT2D eigenvalue weighted by Crippen LogP contribution is 2.30. The van der Waals surface area contributed by atoms with Crippen LogP contribution in [0.25, 0.3) is 10.9 Å². The highest BCUT2D eigenvalue weighted by molar-refractivity contribution is 6.07. The molecule has 9 heteroatoms. The first-order chi connectivity index (χ1) is 17.1. The Kier molecular flexibility index (Phi) is 7.66. The number of hydrogen-bond acceptors (Lipinski definition) is 6. The molecule has 1 aliphatic carbocycles. The van der Waals surface area contributed by atoms with Gasteiger partial charge in [0.25, 0.3) is 5.91 Å². The fraction of sp³-hybridized carbons (Fsp3) is 0.556. The van der Waals surface area contributed by atoms with E-state index >= 15 is 0 Å². The molecule has 0 unspecified atom stereocenters. The van der Waals surface area contributed by atoms with Gasteiger partial charge in [0, 0.05) is 31.6 Å². The van der Waals surface area contributed by atoms with Crippen molar-refractivity contribution >= 4 is 34.7 Å². The zero-order chi connectivity index (χ0) is 25.9. The molecule has 0 atom stereocenters. The molecule has 0 spiro atoms. The Balaban J connectivity index is 1.30. The van der Waals surface area contributed by atoms with Gasteiger partial charge in [0.05, 0.1) is 17.0 Å². The van der Waals surface area contributed by atoms with E-state index in [1.807, 2.05) is 49.9 Å². The monoisotopic (exact) mass is 496 g/mol. The van der Waals surface area contributed by atoms with Crippen LogP contribution in [-0.2, 0) is 9.53 Å². The van der Waals surface area contributed by atoms with Gasteiger partial charge in [-0.2, -0.15) is 0 Å². The van der Waals surface area contributed by atoms with Crippen molar-refractivity contribution in [2.24, 2.45) is 17.8 Å². The van der Waals surface area contributed by atoms with Gasteiger partial charge in [0.15, 0.2) is 0 Å².